The van der Waals surface area contributed by atoms with Crippen LogP contribution >= 0.6 is 0 Å². The summed E-state index contributed by atoms with van der Waals surface area (Å²) in [6.45, 7) is 19.4. The number of allylic oxidation sites excluding steroid dienone is 2. The number of aliphatic hydroxyl groups is 1. The third kappa shape index (κ3) is 8.19. The molecule has 9 heteroatoms. The summed E-state index contributed by atoms with van der Waals surface area (Å²) in [4.78, 5) is 60.6. The summed E-state index contributed by atoms with van der Waals surface area (Å²) in [7, 11) is 4.89. The van der Waals surface area contributed by atoms with Crippen molar-refractivity contribution in [3.8, 4) is 0 Å². The number of aromatic nitrogens is 1. The molecule has 5 aliphatic carbocycles. The lowest BCUT2D eigenvalue weighted by Crippen LogP contribution is -2.63. The number of hydrogen-bond acceptors (Lipinski definition) is 8. The van der Waals surface area contributed by atoms with E-state index >= 15 is 0 Å². The first-order chi connectivity index (χ1) is 26.3. The fourth-order valence-corrected chi connectivity index (χ4v) is 13.3. The topological polar surface area (TPSA) is 117 Å². The maximum Gasteiger partial charge on any atom is 0.307 e. The highest BCUT2D eigenvalue weighted by atomic mass is 16.5. The molecule has 0 aliphatic heterocycles. The molecule has 0 aromatic carbocycles. The number of aldehydes is 1. The molecule has 4 saturated carbocycles. The van der Waals surface area contributed by atoms with Crippen LogP contribution in [-0.2, 0) is 30.5 Å². The minimum absolute atomic E-state index is 0.113. The summed E-state index contributed by atoms with van der Waals surface area (Å²) in [5.41, 5.74) is 2.91. The van der Waals surface area contributed by atoms with E-state index < -0.39 is 5.41 Å². The first kappa shape index (κ1) is 44.2. The number of Topliss-reactive ketones (excluding diaryl/α,β-unsaturated/α-hetero) is 1. The molecular formula is C47H73N3O6. The maximum atomic E-state index is 14.1. The van der Waals surface area contributed by atoms with Gasteiger partial charge in [-0.15, -0.1) is 0 Å². The molecule has 4 fully saturated rings. The summed E-state index contributed by atoms with van der Waals surface area (Å²) in [6, 6.07) is 3.98. The van der Waals surface area contributed by atoms with Crippen molar-refractivity contribution in [1.29, 1.82) is 0 Å². The highest BCUT2D eigenvalue weighted by Crippen LogP contribution is 2.73. The second-order valence-electron chi connectivity index (χ2n) is 20.6. The molecule has 312 valence electrons. The van der Waals surface area contributed by atoms with Gasteiger partial charge in [-0.25, -0.2) is 0 Å². The van der Waals surface area contributed by atoms with Crippen molar-refractivity contribution in [2.75, 3.05) is 34.3 Å². The molecule has 9 nitrogen and oxygen atoms in total. The average Bonchev–Trinajstić information content (AvgIpc) is 3.44. The predicted octanol–water partition coefficient (Wildman–Crippen LogP) is 8.09. The molecule has 0 saturated heterocycles. The minimum atomic E-state index is -0.717. The Morgan fingerprint density at radius 1 is 0.964 bits per heavy atom. The van der Waals surface area contributed by atoms with Crippen LogP contribution in [0.2, 0.25) is 0 Å². The standard InChI is InChI=1S/C46H69N3O5.CH4O/c1-30(2)40-34(51)25-46(21-24-49(38(52)28-48(9)10)27-31-16-22-47-23-17-31)20-13-33-32(41(40)46)11-12-36-44(33,7)18-14-35-43(5,6)37(15-19-45(35,36)8)54-39(53)26-42(3,4)29-50;1-2/h16-17,22-23,29-30,32-33,35-37H,11-15,18-21,24-28H2,1-10H3;2H,1H3. The number of amides is 1. The molecule has 0 radical (unpaired) electrons. The lowest BCUT2D eigenvalue weighted by Gasteiger charge is -2.69. The summed E-state index contributed by atoms with van der Waals surface area (Å²) in [6.07, 6.45) is 14.4. The molecule has 56 heavy (non-hydrogen) atoms. The molecular weight excluding hydrogens is 703 g/mol. The monoisotopic (exact) mass is 776 g/mol. The number of fused-ring (bicyclic) bond motifs is 7. The zero-order valence-corrected chi connectivity index (χ0v) is 36.6. The molecule has 1 amide bonds. The molecule has 1 aromatic rings. The van der Waals surface area contributed by atoms with Crippen molar-refractivity contribution in [2.24, 2.45) is 56.7 Å². The first-order valence-corrected chi connectivity index (χ1v) is 21.5. The zero-order valence-electron chi connectivity index (χ0n) is 36.6. The van der Waals surface area contributed by atoms with Gasteiger partial charge in [-0.1, -0.05) is 61.0 Å². The molecule has 5 aliphatic rings. The lowest BCUT2D eigenvalue weighted by molar-refractivity contribution is -0.213. The van der Waals surface area contributed by atoms with Gasteiger partial charge in [-0.2, -0.15) is 0 Å². The molecule has 1 N–H and O–H groups in total. The van der Waals surface area contributed by atoms with E-state index in [1.54, 1.807) is 26.2 Å². The summed E-state index contributed by atoms with van der Waals surface area (Å²) in [5.74, 6) is 2.34. The lowest BCUT2D eigenvalue weighted by atomic mass is 9.36. The summed E-state index contributed by atoms with van der Waals surface area (Å²) < 4.78 is 6.23. The fourth-order valence-electron chi connectivity index (χ4n) is 13.3. The van der Waals surface area contributed by atoms with Gasteiger partial charge in [0.2, 0.25) is 5.91 Å². The van der Waals surface area contributed by atoms with E-state index in [9.17, 15) is 19.2 Å². The van der Waals surface area contributed by atoms with Crippen LogP contribution in [0.4, 0.5) is 0 Å². The van der Waals surface area contributed by atoms with Crippen molar-refractivity contribution >= 4 is 23.9 Å². The third-order valence-electron chi connectivity index (χ3n) is 15.7. The molecule has 1 heterocycles. The van der Waals surface area contributed by atoms with Gasteiger partial charge < -0.3 is 24.4 Å². The number of pyridine rings is 1. The molecule has 6 rings (SSSR count). The Morgan fingerprint density at radius 3 is 2.25 bits per heavy atom. The summed E-state index contributed by atoms with van der Waals surface area (Å²) >= 11 is 0. The van der Waals surface area contributed by atoms with Gasteiger partial charge in [0.25, 0.3) is 0 Å². The number of ketones is 1. The van der Waals surface area contributed by atoms with Crippen LogP contribution in [-0.4, -0.2) is 84.2 Å². The summed E-state index contributed by atoms with van der Waals surface area (Å²) in [5, 5.41) is 7.00. The number of nitrogens with zero attached hydrogens (tertiary/aromatic N) is 3. The van der Waals surface area contributed by atoms with E-state index in [0.29, 0.717) is 55.5 Å². The van der Waals surface area contributed by atoms with Gasteiger partial charge in [0.1, 0.15) is 12.4 Å². The van der Waals surface area contributed by atoms with Crippen molar-refractivity contribution in [2.45, 2.75) is 139 Å². The van der Waals surface area contributed by atoms with E-state index in [1.165, 1.54) is 5.57 Å². The highest BCUT2D eigenvalue weighted by molar-refractivity contribution is 6.00. The molecule has 8 atom stereocenters. The van der Waals surface area contributed by atoms with Crippen molar-refractivity contribution < 1.29 is 29.0 Å². The Kier molecular flexibility index (Phi) is 13.2. The van der Waals surface area contributed by atoms with Gasteiger partial charge in [0.15, 0.2) is 5.78 Å². The number of carbonyl (C=O) groups excluding carboxylic acids is 4. The zero-order chi connectivity index (χ0) is 41.4. The molecule has 1 aromatic heterocycles. The smallest absolute Gasteiger partial charge is 0.307 e. The SMILES string of the molecule is CC(C)C1=C2C3CCC4C(C)(CCC5C(C)(C)C(OC(=O)CC(C)(C)C=O)CCC54C)C3CCC2(CCN(Cc2ccncc2)C(=O)CN(C)C)CC1=O.CO. The third-order valence-corrected chi connectivity index (χ3v) is 15.7. The Bertz CT molecular complexity index is 1630. The van der Waals surface area contributed by atoms with Gasteiger partial charge in [0.05, 0.1) is 13.0 Å². The average molecular weight is 776 g/mol. The normalized spacial score (nSPS) is 33.4. The second kappa shape index (κ2) is 16.8. The van der Waals surface area contributed by atoms with E-state index in [4.69, 9.17) is 9.84 Å². The Hall–Kier alpha value is -2.91. The van der Waals surface area contributed by atoms with E-state index in [0.717, 1.165) is 82.3 Å². The number of carbonyl (C=O) groups is 4. The van der Waals surface area contributed by atoms with E-state index in [-0.39, 0.29) is 52.0 Å². The number of ether oxygens (including phenoxy) is 1. The Balaban J connectivity index is 0.00000295. The largest absolute Gasteiger partial charge is 0.462 e. The fraction of sp³-hybridized carbons (Fsp3) is 0.766. The van der Waals surface area contributed by atoms with Crippen molar-refractivity contribution in [3.05, 3.63) is 41.2 Å². The van der Waals surface area contributed by atoms with E-state index in [1.807, 2.05) is 36.0 Å². The number of aliphatic hydroxyl groups excluding tert-OH is 1. The predicted molar refractivity (Wildman–Crippen MR) is 220 cm³/mol. The number of rotatable bonds is 12. The first-order valence-electron chi connectivity index (χ1n) is 21.5. The van der Waals surface area contributed by atoms with Gasteiger partial charge in [-0.05, 0) is 136 Å². The van der Waals surface area contributed by atoms with Gasteiger partial charge in [0, 0.05) is 55.3 Å². The van der Waals surface area contributed by atoms with Crippen LogP contribution in [0, 0.1) is 56.7 Å². The van der Waals surface area contributed by atoms with Gasteiger partial charge in [-0.3, -0.25) is 19.4 Å². The number of esters is 1. The Morgan fingerprint density at radius 2 is 1.62 bits per heavy atom. The van der Waals surface area contributed by atoms with Gasteiger partial charge >= 0.3 is 5.97 Å². The van der Waals surface area contributed by atoms with Crippen LogP contribution < -0.4 is 0 Å². The number of hydrogen-bond donors (Lipinski definition) is 1. The van der Waals surface area contributed by atoms with E-state index in [2.05, 4.69) is 46.5 Å². The quantitative estimate of drug-likeness (QED) is 0.167. The van der Waals surface area contributed by atoms with Crippen LogP contribution in [0.3, 0.4) is 0 Å². The molecule has 0 bridgehead atoms. The second-order valence-corrected chi connectivity index (χ2v) is 20.6. The van der Waals surface area contributed by atoms with Crippen LogP contribution in [0.5, 0.6) is 0 Å². The minimum Gasteiger partial charge on any atom is -0.462 e. The van der Waals surface area contributed by atoms with Crippen LogP contribution in [0.15, 0.2) is 35.7 Å². The van der Waals surface area contributed by atoms with Crippen LogP contribution in [0.25, 0.3) is 0 Å². The molecule has 0 spiro atoms. The Labute approximate surface area is 337 Å². The number of likely N-dealkylation sites (N-methyl/N-ethyl adjacent to an activating group) is 1. The highest BCUT2D eigenvalue weighted by Gasteiger charge is 2.66. The van der Waals surface area contributed by atoms with Crippen molar-refractivity contribution in [3.63, 3.8) is 0 Å². The van der Waals surface area contributed by atoms with Crippen molar-refractivity contribution in [1.82, 2.24) is 14.8 Å². The van der Waals surface area contributed by atoms with Crippen LogP contribution in [0.1, 0.15) is 132 Å². The maximum absolute atomic E-state index is 14.1. The molecule has 8 unspecified atom stereocenters.